The molecule has 7 heteroatoms. The SMILES string of the molecule is CC(=O)NC(CSCc1cncn1C1CC1)C(=O)O. The summed E-state index contributed by atoms with van der Waals surface area (Å²) >= 11 is 1.49. The van der Waals surface area contributed by atoms with Gasteiger partial charge in [-0.05, 0) is 12.8 Å². The van der Waals surface area contributed by atoms with E-state index in [-0.39, 0.29) is 5.91 Å². The molecule has 0 aliphatic heterocycles. The van der Waals surface area contributed by atoms with Crippen LogP contribution in [0.25, 0.3) is 0 Å². The Bertz CT molecular complexity index is 471. The molecule has 0 spiro atoms. The lowest BCUT2D eigenvalue weighted by Crippen LogP contribution is -2.41. The smallest absolute Gasteiger partial charge is 0.327 e. The minimum atomic E-state index is -1.00. The highest BCUT2D eigenvalue weighted by atomic mass is 32.2. The van der Waals surface area contributed by atoms with Crippen LogP contribution in [0.4, 0.5) is 0 Å². The Morgan fingerprint density at radius 2 is 2.37 bits per heavy atom. The third kappa shape index (κ3) is 3.99. The van der Waals surface area contributed by atoms with Crippen LogP contribution in [-0.2, 0) is 15.3 Å². The van der Waals surface area contributed by atoms with E-state index in [1.54, 1.807) is 0 Å². The van der Waals surface area contributed by atoms with Crippen molar-refractivity contribution in [3.63, 3.8) is 0 Å². The van der Waals surface area contributed by atoms with Crippen molar-refractivity contribution < 1.29 is 14.7 Å². The zero-order valence-corrected chi connectivity index (χ0v) is 11.5. The van der Waals surface area contributed by atoms with E-state index in [4.69, 9.17) is 5.11 Å². The Morgan fingerprint density at radius 3 is 2.95 bits per heavy atom. The van der Waals surface area contributed by atoms with Gasteiger partial charge in [0.05, 0.1) is 6.33 Å². The van der Waals surface area contributed by atoms with Crippen LogP contribution in [0.2, 0.25) is 0 Å². The molecule has 104 valence electrons. The maximum absolute atomic E-state index is 11.0. The lowest BCUT2D eigenvalue weighted by atomic mass is 10.3. The standard InChI is InChI=1S/C12H17N3O3S/c1-8(16)14-11(12(17)18)6-19-5-10-4-13-7-15(10)9-2-3-9/h4,7,9,11H,2-3,5-6H2,1H3,(H,14,16)(H,17,18). The predicted molar refractivity (Wildman–Crippen MR) is 71.9 cm³/mol. The summed E-state index contributed by atoms with van der Waals surface area (Å²) in [6.07, 6.45) is 6.03. The third-order valence-corrected chi connectivity index (χ3v) is 3.97. The molecule has 1 fully saturated rings. The number of carbonyl (C=O) groups is 2. The van der Waals surface area contributed by atoms with Crippen LogP contribution in [0.5, 0.6) is 0 Å². The summed E-state index contributed by atoms with van der Waals surface area (Å²) < 4.78 is 2.15. The van der Waals surface area contributed by atoms with E-state index in [1.165, 1.54) is 31.5 Å². The molecule has 1 aliphatic carbocycles. The second-order valence-corrected chi connectivity index (χ2v) is 5.66. The van der Waals surface area contributed by atoms with E-state index in [2.05, 4.69) is 14.9 Å². The first-order chi connectivity index (χ1) is 9.08. The van der Waals surface area contributed by atoms with E-state index in [0.29, 0.717) is 17.5 Å². The van der Waals surface area contributed by atoms with Crippen molar-refractivity contribution in [1.29, 1.82) is 0 Å². The molecule has 2 N–H and O–H groups in total. The Balaban J connectivity index is 1.82. The van der Waals surface area contributed by atoms with Crippen molar-refractivity contribution in [3.8, 4) is 0 Å². The second kappa shape index (κ2) is 6.10. The zero-order chi connectivity index (χ0) is 13.8. The highest BCUT2D eigenvalue weighted by Gasteiger charge is 2.25. The molecule has 6 nitrogen and oxygen atoms in total. The number of carboxylic acids is 1. The summed E-state index contributed by atoms with van der Waals surface area (Å²) in [5.74, 6) is -0.264. The highest BCUT2D eigenvalue weighted by molar-refractivity contribution is 7.98. The van der Waals surface area contributed by atoms with Crippen molar-refractivity contribution in [2.75, 3.05) is 5.75 Å². The van der Waals surface area contributed by atoms with Crippen LogP contribution >= 0.6 is 11.8 Å². The molecule has 0 aromatic carbocycles. The van der Waals surface area contributed by atoms with Gasteiger partial charge in [0, 0.05) is 36.4 Å². The summed E-state index contributed by atoms with van der Waals surface area (Å²) in [6, 6.07) is -0.261. The lowest BCUT2D eigenvalue weighted by Gasteiger charge is -2.13. The summed E-state index contributed by atoms with van der Waals surface area (Å²) in [4.78, 5) is 26.0. The van der Waals surface area contributed by atoms with Gasteiger partial charge < -0.3 is 15.0 Å². The molecule has 1 aliphatic rings. The van der Waals surface area contributed by atoms with E-state index in [9.17, 15) is 9.59 Å². The van der Waals surface area contributed by atoms with Crippen molar-refractivity contribution >= 4 is 23.6 Å². The van der Waals surface area contributed by atoms with E-state index < -0.39 is 12.0 Å². The molecular formula is C12H17N3O3S. The molecule has 1 aromatic heterocycles. The molecule has 0 radical (unpaired) electrons. The second-order valence-electron chi connectivity index (χ2n) is 4.63. The number of nitrogens with zero attached hydrogens (tertiary/aromatic N) is 2. The number of hydrogen-bond donors (Lipinski definition) is 2. The number of carbonyl (C=O) groups excluding carboxylic acids is 1. The summed E-state index contributed by atoms with van der Waals surface area (Å²) in [5.41, 5.74) is 1.11. The molecule has 1 heterocycles. The van der Waals surface area contributed by atoms with Gasteiger partial charge in [0.1, 0.15) is 6.04 Å². The molecule has 1 atom stereocenters. The normalized spacial score (nSPS) is 16.1. The maximum Gasteiger partial charge on any atom is 0.327 e. The van der Waals surface area contributed by atoms with Gasteiger partial charge in [-0.15, -0.1) is 0 Å². The minimum absolute atomic E-state index is 0.323. The van der Waals surface area contributed by atoms with Gasteiger partial charge in [-0.1, -0.05) is 0 Å². The van der Waals surface area contributed by atoms with Crippen molar-refractivity contribution in [2.45, 2.75) is 37.6 Å². The summed E-state index contributed by atoms with van der Waals surface area (Å²) in [6.45, 7) is 1.32. The van der Waals surface area contributed by atoms with Gasteiger partial charge in [-0.2, -0.15) is 11.8 Å². The molecular weight excluding hydrogens is 266 g/mol. The zero-order valence-electron chi connectivity index (χ0n) is 10.7. The highest BCUT2D eigenvalue weighted by Crippen LogP contribution is 2.36. The Morgan fingerprint density at radius 1 is 1.63 bits per heavy atom. The van der Waals surface area contributed by atoms with Crippen LogP contribution in [-0.4, -0.2) is 38.3 Å². The first kappa shape index (κ1) is 13.9. The van der Waals surface area contributed by atoms with E-state index >= 15 is 0 Å². The molecule has 0 bridgehead atoms. The van der Waals surface area contributed by atoms with Gasteiger partial charge in [0.25, 0.3) is 0 Å². The predicted octanol–water partition coefficient (Wildman–Crippen LogP) is 1.04. The molecule has 1 unspecified atom stereocenters. The number of nitrogens with one attached hydrogen (secondary N) is 1. The molecule has 1 saturated carbocycles. The quantitative estimate of drug-likeness (QED) is 0.781. The van der Waals surface area contributed by atoms with E-state index in [0.717, 1.165) is 5.69 Å². The van der Waals surface area contributed by atoms with Crippen LogP contribution in [0.1, 0.15) is 31.5 Å². The molecule has 1 aromatic rings. The monoisotopic (exact) mass is 283 g/mol. The van der Waals surface area contributed by atoms with Crippen molar-refractivity contribution in [3.05, 3.63) is 18.2 Å². The van der Waals surface area contributed by atoms with Gasteiger partial charge in [0.2, 0.25) is 5.91 Å². The van der Waals surface area contributed by atoms with Crippen molar-refractivity contribution in [1.82, 2.24) is 14.9 Å². The summed E-state index contributed by atoms with van der Waals surface area (Å²) in [7, 11) is 0. The topological polar surface area (TPSA) is 84.2 Å². The number of aromatic nitrogens is 2. The lowest BCUT2D eigenvalue weighted by molar-refractivity contribution is -0.140. The average Bonchev–Trinajstić information content (AvgIpc) is 3.07. The Labute approximate surface area is 115 Å². The first-order valence-electron chi connectivity index (χ1n) is 6.16. The molecule has 1 amide bonds. The number of thioether (sulfide) groups is 1. The first-order valence-corrected chi connectivity index (χ1v) is 7.31. The third-order valence-electron chi connectivity index (χ3n) is 2.90. The molecule has 19 heavy (non-hydrogen) atoms. The van der Waals surface area contributed by atoms with E-state index in [1.807, 2.05) is 12.5 Å². The number of aliphatic carboxylic acids is 1. The van der Waals surface area contributed by atoms with Gasteiger partial charge in [0.15, 0.2) is 0 Å². The number of hydrogen-bond acceptors (Lipinski definition) is 4. The fraction of sp³-hybridized carbons (Fsp3) is 0.583. The number of rotatable bonds is 7. The van der Waals surface area contributed by atoms with Crippen LogP contribution in [0.15, 0.2) is 12.5 Å². The fourth-order valence-electron chi connectivity index (χ4n) is 1.83. The Hall–Kier alpha value is -1.50. The summed E-state index contributed by atoms with van der Waals surface area (Å²) in [5, 5.41) is 11.4. The van der Waals surface area contributed by atoms with Gasteiger partial charge in [-0.25, -0.2) is 9.78 Å². The number of amides is 1. The molecule has 2 rings (SSSR count). The van der Waals surface area contributed by atoms with Crippen molar-refractivity contribution in [2.24, 2.45) is 0 Å². The fourth-order valence-corrected chi connectivity index (χ4v) is 2.84. The van der Waals surface area contributed by atoms with Gasteiger partial charge in [-0.3, -0.25) is 4.79 Å². The van der Waals surface area contributed by atoms with Crippen LogP contribution < -0.4 is 5.32 Å². The Kier molecular flexibility index (Phi) is 4.47. The van der Waals surface area contributed by atoms with Crippen LogP contribution in [0.3, 0.4) is 0 Å². The number of imidazole rings is 1. The van der Waals surface area contributed by atoms with Crippen LogP contribution in [0, 0.1) is 0 Å². The minimum Gasteiger partial charge on any atom is -0.480 e. The molecule has 0 saturated heterocycles. The number of carboxylic acid groups (broad SMARTS) is 1. The van der Waals surface area contributed by atoms with Gasteiger partial charge >= 0.3 is 5.97 Å². The largest absolute Gasteiger partial charge is 0.480 e. The average molecular weight is 283 g/mol. The maximum atomic E-state index is 11.0.